The Labute approximate surface area is 201 Å². The first-order valence-corrected chi connectivity index (χ1v) is 10.9. The van der Waals surface area contributed by atoms with Crippen LogP contribution in [0.15, 0.2) is 84.9 Å². The molecule has 0 aliphatic rings. The molecule has 0 saturated carbocycles. The third-order valence-corrected chi connectivity index (χ3v) is 5.34. The molecule has 0 amide bonds. The van der Waals surface area contributed by atoms with Crippen molar-refractivity contribution in [3.05, 3.63) is 113 Å². The molecule has 7 nitrogen and oxygen atoms in total. The minimum atomic E-state index is -0.883. The van der Waals surface area contributed by atoms with Crippen molar-refractivity contribution in [3.8, 4) is 0 Å². The Morgan fingerprint density at radius 3 is 1.63 bits per heavy atom. The molecule has 1 heterocycles. The molecule has 0 bridgehead atoms. The van der Waals surface area contributed by atoms with Crippen LogP contribution in [0, 0.1) is 6.92 Å². The fourth-order valence-corrected chi connectivity index (χ4v) is 3.62. The highest BCUT2D eigenvalue weighted by Gasteiger charge is 2.27. The van der Waals surface area contributed by atoms with E-state index in [4.69, 9.17) is 9.47 Å². The molecule has 0 fully saturated rings. The summed E-state index contributed by atoms with van der Waals surface area (Å²) in [4.78, 5) is 55.4. The van der Waals surface area contributed by atoms with Gasteiger partial charge in [-0.3, -0.25) is 14.6 Å². The molecule has 1 aromatic heterocycles. The number of carbonyl (C=O) groups is 4. The zero-order valence-electron chi connectivity index (χ0n) is 18.9. The number of hydrogen-bond acceptors (Lipinski definition) is 7. The molecular weight excluding hydrogens is 446 g/mol. The second kappa shape index (κ2) is 10.5. The Hall–Kier alpha value is -4.65. The fraction of sp³-hybridized carbons (Fsp3) is 0.107. The van der Waals surface area contributed by atoms with Crippen LogP contribution in [0.25, 0.3) is 10.9 Å². The number of carbonyl (C=O) groups excluding carboxylic acids is 4. The summed E-state index contributed by atoms with van der Waals surface area (Å²) in [5.74, 6) is -2.52. The van der Waals surface area contributed by atoms with E-state index in [-0.39, 0.29) is 28.4 Å². The number of fused-ring (bicyclic) bond motifs is 1. The molecule has 0 aliphatic carbocycles. The lowest BCUT2D eigenvalue weighted by atomic mass is 10.0. The number of aromatic nitrogens is 1. The Kier molecular flexibility index (Phi) is 7.07. The smallest absolute Gasteiger partial charge is 0.341 e. The van der Waals surface area contributed by atoms with Crippen LogP contribution < -0.4 is 0 Å². The van der Waals surface area contributed by atoms with Crippen molar-refractivity contribution in [2.24, 2.45) is 0 Å². The van der Waals surface area contributed by atoms with Crippen LogP contribution in [0.4, 0.5) is 0 Å². The van der Waals surface area contributed by atoms with E-state index in [9.17, 15) is 19.2 Å². The first kappa shape index (κ1) is 23.5. The third kappa shape index (κ3) is 5.30. The minimum Gasteiger partial charge on any atom is -0.454 e. The van der Waals surface area contributed by atoms with Crippen LogP contribution in [0.1, 0.15) is 47.1 Å². The number of Topliss-reactive ketones (excluding diaryl/α,β-unsaturated/α-hetero) is 2. The fourth-order valence-electron chi connectivity index (χ4n) is 3.62. The highest BCUT2D eigenvalue weighted by molar-refractivity contribution is 6.13. The Morgan fingerprint density at radius 1 is 0.629 bits per heavy atom. The van der Waals surface area contributed by atoms with Crippen LogP contribution in [0.5, 0.6) is 0 Å². The molecule has 0 unspecified atom stereocenters. The normalized spacial score (nSPS) is 10.5. The molecule has 35 heavy (non-hydrogen) atoms. The molecule has 0 spiro atoms. The number of esters is 2. The van der Waals surface area contributed by atoms with Gasteiger partial charge in [0.15, 0.2) is 24.8 Å². The van der Waals surface area contributed by atoms with Crippen molar-refractivity contribution in [3.63, 3.8) is 0 Å². The van der Waals surface area contributed by atoms with E-state index in [0.29, 0.717) is 22.0 Å². The quantitative estimate of drug-likeness (QED) is 0.275. The van der Waals surface area contributed by atoms with Gasteiger partial charge in [-0.25, -0.2) is 9.59 Å². The van der Waals surface area contributed by atoms with Crippen LogP contribution >= 0.6 is 0 Å². The molecule has 0 aliphatic heterocycles. The van der Waals surface area contributed by atoms with Crippen molar-refractivity contribution in [2.45, 2.75) is 6.92 Å². The van der Waals surface area contributed by atoms with Gasteiger partial charge in [-0.2, -0.15) is 0 Å². The molecule has 7 heteroatoms. The number of hydrogen-bond donors (Lipinski definition) is 0. The standard InChI is InChI=1S/C28H21NO6/c1-18-25(27(32)34-16-23(30)19-10-4-2-5-11-19)26(21-14-8-9-15-22(21)29-18)28(33)35-17-24(31)20-12-6-3-7-13-20/h2-15H,16-17H2,1H3. The predicted molar refractivity (Wildman–Crippen MR) is 129 cm³/mol. The van der Waals surface area contributed by atoms with Gasteiger partial charge in [-0.1, -0.05) is 78.9 Å². The number of benzene rings is 3. The number of ether oxygens (including phenoxy) is 2. The topological polar surface area (TPSA) is 99.6 Å². The van der Waals surface area contributed by atoms with Gasteiger partial charge < -0.3 is 9.47 Å². The van der Waals surface area contributed by atoms with Crippen LogP contribution in [-0.4, -0.2) is 41.7 Å². The summed E-state index contributed by atoms with van der Waals surface area (Å²) < 4.78 is 10.6. The van der Waals surface area contributed by atoms with E-state index in [1.54, 1.807) is 91.9 Å². The van der Waals surface area contributed by atoms with E-state index >= 15 is 0 Å². The molecular formula is C28H21NO6. The van der Waals surface area contributed by atoms with Gasteiger partial charge in [0, 0.05) is 16.5 Å². The zero-order chi connectivity index (χ0) is 24.8. The second-order valence-electron chi connectivity index (χ2n) is 7.70. The lowest BCUT2D eigenvalue weighted by molar-refractivity contribution is 0.0439. The lowest BCUT2D eigenvalue weighted by Gasteiger charge is -2.14. The van der Waals surface area contributed by atoms with Crippen molar-refractivity contribution < 1.29 is 28.7 Å². The van der Waals surface area contributed by atoms with Gasteiger partial charge in [0.2, 0.25) is 0 Å². The van der Waals surface area contributed by atoms with E-state index in [2.05, 4.69) is 4.98 Å². The summed E-state index contributed by atoms with van der Waals surface area (Å²) in [6.45, 7) is 0.559. The van der Waals surface area contributed by atoms with Gasteiger partial charge >= 0.3 is 11.9 Å². The molecule has 3 aromatic carbocycles. The largest absolute Gasteiger partial charge is 0.454 e. The summed E-state index contributed by atoms with van der Waals surface area (Å²) in [5, 5.41) is 0.372. The zero-order valence-corrected chi connectivity index (χ0v) is 18.9. The highest BCUT2D eigenvalue weighted by atomic mass is 16.5. The van der Waals surface area contributed by atoms with E-state index in [0.717, 1.165) is 0 Å². The van der Waals surface area contributed by atoms with Gasteiger partial charge in [-0.15, -0.1) is 0 Å². The lowest BCUT2D eigenvalue weighted by Crippen LogP contribution is -2.21. The Bertz CT molecular complexity index is 1410. The molecule has 4 rings (SSSR count). The number of ketones is 2. The van der Waals surface area contributed by atoms with Crippen LogP contribution in [0.3, 0.4) is 0 Å². The number of nitrogens with zero attached hydrogens (tertiary/aromatic N) is 1. The van der Waals surface area contributed by atoms with Gasteiger partial charge in [-0.05, 0) is 13.0 Å². The SMILES string of the molecule is Cc1nc2ccccc2c(C(=O)OCC(=O)c2ccccc2)c1C(=O)OCC(=O)c1ccccc1. The van der Waals surface area contributed by atoms with Crippen molar-refractivity contribution in [2.75, 3.05) is 13.2 Å². The first-order chi connectivity index (χ1) is 17.0. The van der Waals surface area contributed by atoms with E-state index in [1.165, 1.54) is 0 Å². The van der Waals surface area contributed by atoms with Crippen molar-refractivity contribution in [1.29, 1.82) is 0 Å². The number of para-hydroxylation sites is 1. The molecule has 0 radical (unpaired) electrons. The van der Waals surface area contributed by atoms with E-state index in [1.807, 2.05) is 0 Å². The Balaban J connectivity index is 1.61. The van der Waals surface area contributed by atoms with Gasteiger partial charge in [0.25, 0.3) is 0 Å². The first-order valence-electron chi connectivity index (χ1n) is 10.9. The Morgan fingerprint density at radius 2 is 1.09 bits per heavy atom. The maximum absolute atomic E-state index is 13.2. The van der Waals surface area contributed by atoms with Crippen molar-refractivity contribution in [1.82, 2.24) is 4.98 Å². The average Bonchev–Trinajstić information content (AvgIpc) is 2.90. The number of rotatable bonds is 8. The van der Waals surface area contributed by atoms with Gasteiger partial charge in [0.1, 0.15) is 0 Å². The molecule has 0 atom stereocenters. The highest BCUT2D eigenvalue weighted by Crippen LogP contribution is 2.25. The van der Waals surface area contributed by atoms with Gasteiger partial charge in [0.05, 0.1) is 22.3 Å². The molecule has 174 valence electrons. The van der Waals surface area contributed by atoms with Crippen LogP contribution in [-0.2, 0) is 9.47 Å². The van der Waals surface area contributed by atoms with Crippen LogP contribution in [0.2, 0.25) is 0 Å². The predicted octanol–water partition coefficient (Wildman–Crippen LogP) is 4.62. The molecule has 4 aromatic rings. The maximum Gasteiger partial charge on any atom is 0.341 e. The summed E-state index contributed by atoms with van der Waals surface area (Å²) in [6, 6.07) is 23.6. The van der Waals surface area contributed by atoms with E-state index < -0.39 is 25.2 Å². The molecule has 0 saturated heterocycles. The number of aryl methyl sites for hydroxylation is 1. The summed E-state index contributed by atoms with van der Waals surface area (Å²) in [5.41, 5.74) is 1.33. The second-order valence-corrected chi connectivity index (χ2v) is 7.70. The molecule has 0 N–H and O–H groups in total. The average molecular weight is 467 g/mol. The summed E-state index contributed by atoms with van der Waals surface area (Å²) in [7, 11) is 0. The maximum atomic E-state index is 13.2. The third-order valence-electron chi connectivity index (χ3n) is 5.34. The monoisotopic (exact) mass is 467 g/mol. The van der Waals surface area contributed by atoms with Crippen molar-refractivity contribution >= 4 is 34.4 Å². The summed E-state index contributed by atoms with van der Waals surface area (Å²) in [6.07, 6.45) is 0. The summed E-state index contributed by atoms with van der Waals surface area (Å²) >= 11 is 0. The minimum absolute atomic E-state index is 0.0638. The number of pyridine rings is 1.